The Hall–Kier alpha value is -4.93. The third-order valence-corrected chi connectivity index (χ3v) is 10.3. The highest BCUT2D eigenvalue weighted by Gasteiger charge is 2.34. The zero-order valence-electron chi connectivity index (χ0n) is 37.4. The van der Waals surface area contributed by atoms with Gasteiger partial charge in [-0.1, -0.05) is 81.1 Å². The Morgan fingerprint density at radius 1 is 0.951 bits per heavy atom. The zero-order valence-corrected chi connectivity index (χ0v) is 37.4. The van der Waals surface area contributed by atoms with Gasteiger partial charge in [0, 0.05) is 56.7 Å². The lowest BCUT2D eigenvalue weighted by Crippen LogP contribution is -2.54. The number of aryl methyl sites for hydroxylation is 3. The summed E-state index contributed by atoms with van der Waals surface area (Å²) in [5.74, 6) is 0.00256. The van der Waals surface area contributed by atoms with E-state index in [2.05, 4.69) is 122 Å². The molecule has 0 radical (unpaired) electrons. The number of pyridine rings is 1. The number of benzene rings is 2. The van der Waals surface area contributed by atoms with Crippen LogP contribution < -0.4 is 10.6 Å². The third kappa shape index (κ3) is 19.6. The van der Waals surface area contributed by atoms with Crippen LogP contribution in [-0.4, -0.2) is 92.1 Å². The van der Waals surface area contributed by atoms with E-state index in [0.29, 0.717) is 13.0 Å². The van der Waals surface area contributed by atoms with Crippen molar-refractivity contribution in [2.24, 2.45) is 5.92 Å². The number of β-amino-alcohol motifs (C(OH)–C–C–N with tert-alkyl or cyclic N) is 1. The molecular weight excluding hydrogens is 776 g/mol. The van der Waals surface area contributed by atoms with Crippen molar-refractivity contribution < 1.29 is 23.4 Å². The van der Waals surface area contributed by atoms with E-state index in [4.69, 9.17) is 5.10 Å². The van der Waals surface area contributed by atoms with Gasteiger partial charge in [0.2, 0.25) is 0 Å². The number of piperazine rings is 1. The van der Waals surface area contributed by atoms with Crippen molar-refractivity contribution in [1.29, 1.82) is 0 Å². The minimum atomic E-state index is -4.13. The molecule has 5 rings (SSSR count). The Morgan fingerprint density at radius 2 is 1.59 bits per heavy atom. The summed E-state index contributed by atoms with van der Waals surface area (Å²) in [6, 6.07) is 23.1. The van der Waals surface area contributed by atoms with Gasteiger partial charge in [-0.25, -0.2) is 4.68 Å². The summed E-state index contributed by atoms with van der Waals surface area (Å²) < 4.78 is 35.3. The van der Waals surface area contributed by atoms with Gasteiger partial charge in [-0.2, -0.15) is 18.3 Å². The van der Waals surface area contributed by atoms with Crippen LogP contribution in [0.2, 0.25) is 0 Å². The van der Waals surface area contributed by atoms with Gasteiger partial charge in [-0.05, 0) is 108 Å². The lowest BCUT2D eigenvalue weighted by molar-refractivity contribution is -0.122. The standard InChI is InChI=1S/C32H46N6O2.C11H16.C4H6F3N.C2H2/c1-24-18-28(22-33-21-24)38-13-12-30(35-38)31(3,4)37-16-14-36(15-17-37)23-29(39)20-27(25(2)34-32(5,6)40)19-26-10-8-7-9-11-26;1-3-4-8-11-9-6-5-7-10(11)2;1-2-8-3-4(5,6)7;1-2/h7-13,18,21-22,27,29,34,39-40H,2,14-17,19-20,23H2,1,3-6H3;5-7,9H,3-4,8H2,1-2H3;2,8H,1,3H2;1-2H. The fourth-order valence-corrected chi connectivity index (χ4v) is 7.00. The number of rotatable bonds is 17. The molecular formula is C49H70F3N7O2. The van der Waals surface area contributed by atoms with Crippen molar-refractivity contribution in [3.63, 3.8) is 0 Å². The van der Waals surface area contributed by atoms with Gasteiger partial charge in [0.15, 0.2) is 0 Å². The van der Waals surface area contributed by atoms with Crippen LogP contribution >= 0.6 is 0 Å². The molecule has 1 aliphatic rings. The van der Waals surface area contributed by atoms with Gasteiger partial charge in [-0.3, -0.25) is 14.8 Å². The van der Waals surface area contributed by atoms with Gasteiger partial charge in [0.1, 0.15) is 12.3 Å². The Bertz CT molecular complexity index is 1880. The summed E-state index contributed by atoms with van der Waals surface area (Å²) >= 11 is 0. The van der Waals surface area contributed by atoms with E-state index < -0.39 is 24.6 Å². The molecule has 2 atom stereocenters. The van der Waals surface area contributed by atoms with Gasteiger partial charge in [-0.15, -0.1) is 12.8 Å². The lowest BCUT2D eigenvalue weighted by Gasteiger charge is -2.43. The molecule has 4 N–H and O–H groups in total. The molecule has 0 saturated carbocycles. The highest BCUT2D eigenvalue weighted by Crippen LogP contribution is 2.29. The van der Waals surface area contributed by atoms with Gasteiger partial charge >= 0.3 is 6.18 Å². The minimum absolute atomic E-state index is 0.00256. The largest absolute Gasteiger partial charge is 0.405 e. The maximum absolute atomic E-state index is 11.1. The zero-order chi connectivity index (χ0) is 45.6. The van der Waals surface area contributed by atoms with Gasteiger partial charge in [0.25, 0.3) is 0 Å². The van der Waals surface area contributed by atoms with Crippen molar-refractivity contribution in [2.45, 2.75) is 104 Å². The van der Waals surface area contributed by atoms with Crippen LogP contribution in [0.15, 0.2) is 110 Å². The molecule has 0 bridgehead atoms. The average molecular weight is 846 g/mol. The number of allylic oxidation sites excluding steroid dienone is 1. The second-order valence-corrected chi connectivity index (χ2v) is 16.4. The van der Waals surface area contributed by atoms with Crippen LogP contribution in [0.5, 0.6) is 0 Å². The fraction of sp³-hybridized carbons (Fsp3) is 0.469. The number of nitrogens with one attached hydrogen (secondary N) is 2. The summed E-state index contributed by atoms with van der Waals surface area (Å²) in [4.78, 5) is 9.12. The first kappa shape index (κ1) is 52.2. The van der Waals surface area contributed by atoms with E-state index in [0.717, 1.165) is 61.4 Å². The minimum Gasteiger partial charge on any atom is -0.392 e. The molecule has 2 aromatic carbocycles. The number of aromatic nitrogens is 3. The first-order valence-electron chi connectivity index (χ1n) is 21.0. The Morgan fingerprint density at radius 3 is 2.15 bits per heavy atom. The number of terminal acetylenes is 1. The molecule has 2 unspecified atom stereocenters. The van der Waals surface area contributed by atoms with E-state index in [1.54, 1.807) is 13.8 Å². The topological polar surface area (TPSA) is 102 Å². The molecule has 3 heterocycles. The molecule has 1 aliphatic heterocycles. The highest BCUT2D eigenvalue weighted by molar-refractivity contribution is 5.31. The molecule has 0 amide bonds. The second kappa shape index (κ2) is 25.8. The van der Waals surface area contributed by atoms with Gasteiger partial charge < -0.3 is 20.8 Å². The van der Waals surface area contributed by atoms with Crippen molar-refractivity contribution >= 4 is 0 Å². The van der Waals surface area contributed by atoms with Crippen LogP contribution in [0.4, 0.5) is 13.2 Å². The van der Waals surface area contributed by atoms with Crippen LogP contribution in [0, 0.1) is 32.6 Å². The molecule has 4 aromatic rings. The first-order valence-corrected chi connectivity index (χ1v) is 21.0. The average Bonchev–Trinajstić information content (AvgIpc) is 3.72. The fourth-order valence-electron chi connectivity index (χ4n) is 7.00. The van der Waals surface area contributed by atoms with Crippen molar-refractivity contribution in [3.05, 3.63) is 138 Å². The third-order valence-electron chi connectivity index (χ3n) is 10.3. The normalized spacial score (nSPS) is 14.4. The summed E-state index contributed by atoms with van der Waals surface area (Å²) in [6.45, 7) is 24.8. The van der Waals surface area contributed by atoms with Crippen molar-refractivity contribution in [1.82, 2.24) is 35.2 Å². The number of alkyl halides is 3. The number of unbranched alkanes of at least 4 members (excludes halogenated alkanes) is 1. The smallest absolute Gasteiger partial charge is 0.392 e. The molecule has 61 heavy (non-hydrogen) atoms. The molecule has 334 valence electrons. The van der Waals surface area contributed by atoms with E-state index in [-0.39, 0.29) is 11.5 Å². The predicted octanol–water partition coefficient (Wildman–Crippen LogP) is 8.74. The highest BCUT2D eigenvalue weighted by atomic mass is 19.4. The Balaban J connectivity index is 0.000000499. The predicted molar refractivity (Wildman–Crippen MR) is 244 cm³/mol. The quantitative estimate of drug-likeness (QED) is 0.0619. The molecule has 1 saturated heterocycles. The number of nitrogens with zero attached hydrogens (tertiary/aromatic N) is 5. The molecule has 2 aromatic heterocycles. The number of halogens is 3. The Labute approximate surface area is 363 Å². The molecule has 0 spiro atoms. The number of hydrogen-bond donors (Lipinski definition) is 4. The van der Waals surface area contributed by atoms with Crippen LogP contribution in [0.3, 0.4) is 0 Å². The number of aliphatic hydroxyl groups is 2. The van der Waals surface area contributed by atoms with Crippen LogP contribution in [0.25, 0.3) is 5.69 Å². The molecule has 12 heteroatoms. The van der Waals surface area contributed by atoms with E-state index in [1.807, 2.05) is 53.7 Å². The molecule has 9 nitrogen and oxygen atoms in total. The number of hydrogen-bond acceptors (Lipinski definition) is 8. The summed E-state index contributed by atoms with van der Waals surface area (Å²) in [5.41, 5.74) is 6.71. The van der Waals surface area contributed by atoms with Crippen molar-refractivity contribution in [2.75, 3.05) is 39.3 Å². The maximum atomic E-state index is 11.1. The second-order valence-electron chi connectivity index (χ2n) is 16.4. The lowest BCUT2D eigenvalue weighted by atomic mass is 9.90. The van der Waals surface area contributed by atoms with E-state index in [9.17, 15) is 23.4 Å². The maximum Gasteiger partial charge on any atom is 0.405 e. The summed E-state index contributed by atoms with van der Waals surface area (Å²) in [5, 5.41) is 31.4. The molecule has 1 fully saturated rings. The molecule has 0 aliphatic carbocycles. The Kier molecular flexibility index (Phi) is 22.0. The van der Waals surface area contributed by atoms with Crippen LogP contribution in [-0.2, 0) is 18.4 Å². The van der Waals surface area contributed by atoms with Crippen LogP contribution in [0.1, 0.15) is 81.8 Å². The van der Waals surface area contributed by atoms with Crippen molar-refractivity contribution in [3.8, 4) is 18.5 Å². The summed E-state index contributed by atoms with van der Waals surface area (Å²) in [7, 11) is 0. The van der Waals surface area contributed by atoms with Gasteiger partial charge in [0.05, 0.1) is 29.2 Å². The summed E-state index contributed by atoms with van der Waals surface area (Å²) in [6.07, 6.45) is 15.2. The SMILES string of the molecule is C#C.C=C(NC(C)(C)O)C(Cc1ccccc1)CC(O)CN1CCN(C(C)(C)c2ccn(-c3cncc(C)c3)n2)CC1.C=CNCC(F)(F)F.CCCCc1ccccc1C. The number of aliphatic hydroxyl groups excluding tert-OH is 1. The monoisotopic (exact) mass is 846 g/mol. The van der Waals surface area contributed by atoms with E-state index in [1.165, 1.54) is 36.0 Å². The first-order chi connectivity index (χ1) is 28.8. The van der Waals surface area contributed by atoms with E-state index >= 15 is 0 Å².